The lowest BCUT2D eigenvalue weighted by Gasteiger charge is -2.12. The largest absolute Gasteiger partial charge is 0.325 e. The number of aromatic nitrogens is 5. The smallest absolute Gasteiger partial charge is 0.237 e. The number of fused-ring (bicyclic) bond motifs is 1. The number of amides is 1. The minimum Gasteiger partial charge on any atom is -0.325 e. The van der Waals surface area contributed by atoms with Gasteiger partial charge in [-0.25, -0.2) is 9.67 Å². The van der Waals surface area contributed by atoms with E-state index in [4.69, 9.17) is 0 Å². The molecule has 0 unspecified atom stereocenters. The second-order valence-electron chi connectivity index (χ2n) is 7.34. The van der Waals surface area contributed by atoms with Crippen LogP contribution < -0.4 is 5.32 Å². The van der Waals surface area contributed by atoms with E-state index in [-0.39, 0.29) is 11.2 Å². The van der Waals surface area contributed by atoms with Gasteiger partial charge in [0, 0.05) is 12.1 Å². The van der Waals surface area contributed by atoms with E-state index in [1.54, 1.807) is 11.3 Å². The molecule has 0 aliphatic heterocycles. The molecule has 1 N–H and O–H groups in total. The van der Waals surface area contributed by atoms with Crippen LogP contribution in [0.4, 0.5) is 5.69 Å². The highest BCUT2D eigenvalue weighted by Gasteiger charge is 2.29. The predicted molar refractivity (Wildman–Crippen MR) is 119 cm³/mol. The third-order valence-electron chi connectivity index (χ3n) is 4.92. The summed E-state index contributed by atoms with van der Waals surface area (Å²) < 4.78 is 3.03. The first kappa shape index (κ1) is 19.2. The average molecular weight is 437 g/mol. The Balaban J connectivity index is 1.19. The fourth-order valence-electron chi connectivity index (χ4n) is 3.14. The van der Waals surface area contributed by atoms with E-state index in [2.05, 4.69) is 31.9 Å². The minimum absolute atomic E-state index is 0.0655. The minimum atomic E-state index is -0.295. The first-order chi connectivity index (χ1) is 14.7. The fraction of sp³-hybridized carbons (Fsp3) is 0.286. The van der Waals surface area contributed by atoms with E-state index in [9.17, 15) is 4.79 Å². The van der Waals surface area contributed by atoms with Gasteiger partial charge < -0.3 is 5.32 Å². The second-order valence-corrected chi connectivity index (χ2v) is 9.76. The van der Waals surface area contributed by atoms with Crippen LogP contribution in [-0.2, 0) is 11.2 Å². The number of carbonyl (C=O) groups excluding carboxylic acids is 1. The predicted octanol–water partition coefficient (Wildman–Crippen LogP) is 4.33. The molecule has 1 aliphatic carbocycles. The van der Waals surface area contributed by atoms with Gasteiger partial charge >= 0.3 is 0 Å². The molecule has 4 aromatic rings. The molecule has 0 spiro atoms. The van der Waals surface area contributed by atoms with Crippen LogP contribution in [0.1, 0.15) is 36.4 Å². The summed E-state index contributed by atoms with van der Waals surface area (Å²) in [7, 11) is 0. The number of nitrogens with one attached hydrogen (secondary N) is 1. The Morgan fingerprint density at radius 1 is 1.23 bits per heavy atom. The van der Waals surface area contributed by atoms with E-state index in [1.807, 2.05) is 54.1 Å². The Kier molecular flexibility index (Phi) is 5.22. The third kappa shape index (κ3) is 4.22. The number of thioether (sulfide) groups is 1. The first-order valence-corrected chi connectivity index (χ1v) is 11.5. The van der Waals surface area contributed by atoms with E-state index in [0.29, 0.717) is 11.2 Å². The van der Waals surface area contributed by atoms with Gasteiger partial charge in [0.25, 0.3) is 0 Å². The van der Waals surface area contributed by atoms with Crippen LogP contribution in [0.25, 0.3) is 10.2 Å². The topological polar surface area (TPSA) is 85.6 Å². The van der Waals surface area contributed by atoms with Crippen LogP contribution in [0.15, 0.2) is 53.7 Å². The Morgan fingerprint density at radius 2 is 2.03 bits per heavy atom. The zero-order valence-electron chi connectivity index (χ0n) is 16.4. The quantitative estimate of drug-likeness (QED) is 0.434. The number of benzene rings is 2. The van der Waals surface area contributed by atoms with Crippen molar-refractivity contribution in [1.29, 1.82) is 0 Å². The average Bonchev–Trinajstić information content (AvgIpc) is 3.35. The number of thiazole rings is 1. The zero-order valence-corrected chi connectivity index (χ0v) is 18.0. The van der Waals surface area contributed by atoms with Gasteiger partial charge in [-0.3, -0.25) is 4.79 Å². The molecule has 1 aliphatic rings. The van der Waals surface area contributed by atoms with Crippen molar-refractivity contribution in [3.8, 4) is 0 Å². The molecule has 0 saturated heterocycles. The molecule has 1 amide bonds. The SMILES string of the molecule is C[C@@H](Sc1nnnn1C1CC1)C(=O)Nc1ccc(Cc2nc3ccccc3s2)cc1. The molecule has 1 saturated carbocycles. The summed E-state index contributed by atoms with van der Waals surface area (Å²) in [5.41, 5.74) is 2.99. The number of hydrogen-bond acceptors (Lipinski definition) is 7. The van der Waals surface area contributed by atoms with Crippen LogP contribution in [0.5, 0.6) is 0 Å². The Morgan fingerprint density at radius 3 is 2.80 bits per heavy atom. The summed E-state index contributed by atoms with van der Waals surface area (Å²) in [6, 6.07) is 16.5. The molecular weight excluding hydrogens is 416 g/mol. The molecule has 2 aromatic carbocycles. The van der Waals surface area contributed by atoms with E-state index in [0.717, 1.165) is 41.0 Å². The maximum atomic E-state index is 12.6. The Labute approximate surface area is 181 Å². The lowest BCUT2D eigenvalue weighted by molar-refractivity contribution is -0.115. The van der Waals surface area contributed by atoms with Gasteiger partial charge in [-0.15, -0.1) is 16.4 Å². The van der Waals surface area contributed by atoms with Gasteiger partial charge in [-0.1, -0.05) is 36.0 Å². The summed E-state index contributed by atoms with van der Waals surface area (Å²) in [6.45, 7) is 1.87. The van der Waals surface area contributed by atoms with E-state index in [1.165, 1.54) is 16.5 Å². The van der Waals surface area contributed by atoms with Crippen molar-refractivity contribution in [3.05, 3.63) is 59.1 Å². The summed E-state index contributed by atoms with van der Waals surface area (Å²) >= 11 is 3.11. The zero-order chi connectivity index (χ0) is 20.5. The highest BCUT2D eigenvalue weighted by atomic mass is 32.2. The Bertz CT molecular complexity index is 1150. The van der Waals surface area contributed by atoms with Crippen LogP contribution in [0.3, 0.4) is 0 Å². The summed E-state index contributed by atoms with van der Waals surface area (Å²) in [4.78, 5) is 17.3. The number of nitrogens with zero attached hydrogens (tertiary/aromatic N) is 5. The van der Waals surface area contributed by atoms with Gasteiger partial charge in [0.05, 0.1) is 26.5 Å². The molecular formula is C21H20N6OS2. The molecule has 30 heavy (non-hydrogen) atoms. The number of rotatable bonds is 7. The lowest BCUT2D eigenvalue weighted by Crippen LogP contribution is -2.23. The van der Waals surface area contributed by atoms with Crippen molar-refractivity contribution in [1.82, 2.24) is 25.2 Å². The highest BCUT2D eigenvalue weighted by molar-refractivity contribution is 8.00. The number of anilines is 1. The van der Waals surface area contributed by atoms with E-state index < -0.39 is 0 Å². The first-order valence-electron chi connectivity index (χ1n) is 9.84. The molecule has 1 atom stereocenters. The molecule has 2 aromatic heterocycles. The molecule has 0 bridgehead atoms. The molecule has 0 radical (unpaired) electrons. The normalized spacial score (nSPS) is 14.7. The molecule has 1 fully saturated rings. The van der Waals surface area contributed by atoms with Crippen molar-refractivity contribution in [3.63, 3.8) is 0 Å². The fourth-order valence-corrected chi connectivity index (χ4v) is 5.00. The van der Waals surface area contributed by atoms with E-state index >= 15 is 0 Å². The van der Waals surface area contributed by atoms with Crippen molar-refractivity contribution < 1.29 is 4.79 Å². The van der Waals surface area contributed by atoms with Crippen LogP contribution in [0.2, 0.25) is 0 Å². The number of tetrazole rings is 1. The van der Waals surface area contributed by atoms with Gasteiger partial charge in [0.1, 0.15) is 0 Å². The molecule has 7 nitrogen and oxygen atoms in total. The molecule has 2 heterocycles. The van der Waals surface area contributed by atoms with Crippen molar-refractivity contribution in [2.45, 2.75) is 42.6 Å². The summed E-state index contributed by atoms with van der Waals surface area (Å²) in [5.74, 6) is -0.0655. The van der Waals surface area contributed by atoms with Crippen LogP contribution >= 0.6 is 23.1 Å². The molecule has 152 valence electrons. The number of carbonyl (C=O) groups is 1. The molecule has 5 rings (SSSR count). The molecule has 9 heteroatoms. The maximum Gasteiger partial charge on any atom is 0.237 e. The standard InChI is InChI=1S/C21H20N6OS2/c1-13(29-21-24-25-26-27(21)16-10-11-16)20(28)22-15-8-6-14(7-9-15)12-19-23-17-4-2-3-5-18(17)30-19/h2-9,13,16H,10-12H2,1H3,(H,22,28)/t13-/m1/s1. The highest BCUT2D eigenvalue weighted by Crippen LogP contribution is 2.37. The second kappa shape index (κ2) is 8.16. The monoisotopic (exact) mass is 436 g/mol. The van der Waals surface area contributed by atoms with Gasteiger partial charge in [-0.05, 0) is 60.0 Å². The number of hydrogen-bond donors (Lipinski definition) is 1. The van der Waals surface area contributed by atoms with Crippen molar-refractivity contribution in [2.24, 2.45) is 0 Å². The van der Waals surface area contributed by atoms with Crippen molar-refractivity contribution >= 4 is 44.9 Å². The Hall–Kier alpha value is -2.78. The maximum absolute atomic E-state index is 12.6. The van der Waals surface area contributed by atoms with Crippen LogP contribution in [-0.4, -0.2) is 36.3 Å². The lowest BCUT2D eigenvalue weighted by atomic mass is 10.1. The van der Waals surface area contributed by atoms with Crippen molar-refractivity contribution in [2.75, 3.05) is 5.32 Å². The summed E-state index contributed by atoms with van der Waals surface area (Å²) in [6.07, 6.45) is 2.98. The van der Waals surface area contributed by atoms with Crippen LogP contribution in [0, 0.1) is 0 Å². The van der Waals surface area contributed by atoms with Gasteiger partial charge in [-0.2, -0.15) is 0 Å². The van der Waals surface area contributed by atoms with Gasteiger partial charge in [0.2, 0.25) is 11.1 Å². The summed E-state index contributed by atoms with van der Waals surface area (Å²) in [5, 5.41) is 16.3. The number of para-hydroxylation sites is 1. The third-order valence-corrected chi connectivity index (χ3v) is 7.01. The van der Waals surface area contributed by atoms with Gasteiger partial charge in [0.15, 0.2) is 0 Å².